The molecule has 1 aliphatic heterocycles. The number of methoxy groups -OCH3 is 1. The fourth-order valence-electron chi connectivity index (χ4n) is 4.29. The molecule has 2 rings (SSSR count). The van der Waals surface area contributed by atoms with Crippen molar-refractivity contribution in [3.05, 3.63) is 0 Å². The molecule has 0 aromatic carbocycles. The van der Waals surface area contributed by atoms with E-state index in [-0.39, 0.29) is 5.97 Å². The molecule has 1 aliphatic carbocycles. The lowest BCUT2D eigenvalue weighted by Crippen LogP contribution is -2.52. The normalized spacial score (nSPS) is 30.0. The Morgan fingerprint density at radius 3 is 2.19 bits per heavy atom. The van der Waals surface area contributed by atoms with Gasteiger partial charge < -0.3 is 9.47 Å². The lowest BCUT2D eigenvalue weighted by molar-refractivity contribution is -0.149. The molecular formula is C21H37NO4. The van der Waals surface area contributed by atoms with Gasteiger partial charge in [0.1, 0.15) is 11.6 Å². The lowest BCUT2D eigenvalue weighted by atomic mass is 9.78. The second kappa shape index (κ2) is 9.09. The Kier molecular flexibility index (Phi) is 7.36. The molecule has 0 spiro atoms. The van der Waals surface area contributed by atoms with Crippen LogP contribution in [0.25, 0.3) is 0 Å². The van der Waals surface area contributed by atoms with Gasteiger partial charge in [-0.05, 0) is 51.4 Å². The molecule has 0 aromatic heterocycles. The van der Waals surface area contributed by atoms with Gasteiger partial charge in [0.2, 0.25) is 0 Å². The van der Waals surface area contributed by atoms with Gasteiger partial charge >= 0.3 is 12.1 Å². The number of nitrogens with zero attached hydrogens (tertiary/aromatic N) is 1. The molecular weight excluding hydrogens is 330 g/mol. The Hall–Kier alpha value is -1.26. The average Bonchev–Trinajstić information content (AvgIpc) is 2.58. The number of carbonyl (C=O) groups is 2. The van der Waals surface area contributed by atoms with Gasteiger partial charge in [0.25, 0.3) is 0 Å². The van der Waals surface area contributed by atoms with Crippen LogP contribution in [0.2, 0.25) is 0 Å². The number of esters is 1. The first kappa shape index (κ1) is 21.0. The average molecular weight is 368 g/mol. The first-order valence-electron chi connectivity index (χ1n) is 10.3. The maximum atomic E-state index is 12.5. The van der Waals surface area contributed by atoms with Gasteiger partial charge in [-0.3, -0.25) is 4.90 Å². The minimum Gasteiger partial charge on any atom is -0.467 e. The van der Waals surface area contributed by atoms with Crippen molar-refractivity contribution in [1.82, 2.24) is 4.90 Å². The van der Waals surface area contributed by atoms with Gasteiger partial charge in [-0.1, -0.05) is 45.4 Å². The van der Waals surface area contributed by atoms with Gasteiger partial charge in [0, 0.05) is 6.54 Å². The number of piperidine rings is 1. The van der Waals surface area contributed by atoms with Gasteiger partial charge in [-0.25, -0.2) is 9.59 Å². The fraction of sp³-hybridized carbons (Fsp3) is 0.905. The molecule has 0 radical (unpaired) electrons. The molecule has 1 amide bonds. The molecule has 1 saturated carbocycles. The lowest BCUT2D eigenvalue weighted by Gasteiger charge is -2.39. The number of carbonyl (C=O) groups excluding carboxylic acids is 2. The highest BCUT2D eigenvalue weighted by Crippen LogP contribution is 2.35. The number of likely N-dealkylation sites (tertiary alicyclic amines) is 1. The van der Waals surface area contributed by atoms with Crippen LogP contribution in [-0.2, 0) is 14.3 Å². The Bertz CT molecular complexity index is 477. The highest BCUT2D eigenvalue weighted by Gasteiger charge is 2.39. The summed E-state index contributed by atoms with van der Waals surface area (Å²) in [6, 6.07) is -0.514. The third kappa shape index (κ3) is 6.17. The van der Waals surface area contributed by atoms with Crippen LogP contribution < -0.4 is 0 Å². The molecule has 2 atom stereocenters. The van der Waals surface area contributed by atoms with Crippen molar-refractivity contribution in [3.8, 4) is 0 Å². The van der Waals surface area contributed by atoms with Crippen LogP contribution in [0.4, 0.5) is 4.79 Å². The van der Waals surface area contributed by atoms with Crippen molar-refractivity contribution in [2.75, 3.05) is 13.7 Å². The predicted molar refractivity (Wildman–Crippen MR) is 102 cm³/mol. The van der Waals surface area contributed by atoms with E-state index in [2.05, 4.69) is 6.92 Å². The molecule has 1 saturated heterocycles. The quantitative estimate of drug-likeness (QED) is 0.671. The summed E-state index contributed by atoms with van der Waals surface area (Å²) >= 11 is 0. The molecule has 26 heavy (non-hydrogen) atoms. The molecule has 0 aromatic rings. The topological polar surface area (TPSA) is 55.8 Å². The van der Waals surface area contributed by atoms with Gasteiger partial charge in [0.15, 0.2) is 0 Å². The molecule has 150 valence electrons. The monoisotopic (exact) mass is 367 g/mol. The number of rotatable bonds is 4. The SMILES string of the molecule is COC(=O)[C@@H]1C[C@H](CCC2CCC(C)CC2)CCN1C(=O)OC(C)(C)C. The highest BCUT2D eigenvalue weighted by molar-refractivity contribution is 5.81. The van der Waals surface area contributed by atoms with Gasteiger partial charge in [0.05, 0.1) is 7.11 Å². The smallest absolute Gasteiger partial charge is 0.411 e. The molecule has 0 bridgehead atoms. The molecule has 2 fully saturated rings. The summed E-state index contributed by atoms with van der Waals surface area (Å²) in [7, 11) is 1.39. The fourth-order valence-corrected chi connectivity index (χ4v) is 4.29. The molecule has 1 heterocycles. The summed E-state index contributed by atoms with van der Waals surface area (Å²) in [5, 5.41) is 0. The Morgan fingerprint density at radius 1 is 1.00 bits per heavy atom. The van der Waals surface area contributed by atoms with Gasteiger partial charge in [-0.15, -0.1) is 0 Å². The van der Waals surface area contributed by atoms with E-state index in [0.717, 1.165) is 24.7 Å². The third-order valence-electron chi connectivity index (χ3n) is 5.93. The standard InChI is InChI=1S/C21H37NO4/c1-15-6-8-16(9-7-15)10-11-17-12-13-22(18(14-17)19(23)25-5)20(24)26-21(2,3)4/h15-18H,6-14H2,1-5H3/t15?,16?,17-,18+/m1/s1. The van der Waals surface area contributed by atoms with Crippen molar-refractivity contribution < 1.29 is 19.1 Å². The Labute approximate surface area is 158 Å². The third-order valence-corrected chi connectivity index (χ3v) is 5.93. The van der Waals surface area contributed by atoms with Gasteiger partial charge in [-0.2, -0.15) is 0 Å². The minimum absolute atomic E-state index is 0.327. The number of hydrogen-bond donors (Lipinski definition) is 0. The van der Waals surface area contributed by atoms with E-state index in [9.17, 15) is 9.59 Å². The maximum Gasteiger partial charge on any atom is 0.411 e. The predicted octanol–water partition coefficient (Wildman–Crippen LogP) is 4.78. The number of ether oxygens (including phenoxy) is 2. The van der Waals surface area contributed by atoms with Crippen molar-refractivity contribution in [3.63, 3.8) is 0 Å². The van der Waals surface area contributed by atoms with E-state index in [4.69, 9.17) is 9.47 Å². The molecule has 0 unspecified atom stereocenters. The van der Waals surface area contributed by atoms with E-state index in [1.165, 1.54) is 39.2 Å². The van der Waals surface area contributed by atoms with E-state index in [1.807, 2.05) is 20.8 Å². The zero-order chi connectivity index (χ0) is 19.3. The Morgan fingerprint density at radius 2 is 1.62 bits per heavy atom. The molecule has 5 nitrogen and oxygen atoms in total. The van der Waals surface area contributed by atoms with Crippen LogP contribution in [-0.4, -0.2) is 42.3 Å². The summed E-state index contributed by atoms with van der Waals surface area (Å²) in [6.45, 7) is 8.45. The minimum atomic E-state index is -0.563. The second-order valence-corrected chi connectivity index (χ2v) is 9.31. The number of amides is 1. The first-order valence-corrected chi connectivity index (χ1v) is 10.3. The summed E-state index contributed by atoms with van der Waals surface area (Å²) in [6.07, 6.45) is 9.01. The van der Waals surface area contributed by atoms with Crippen molar-refractivity contribution in [1.29, 1.82) is 0 Å². The zero-order valence-corrected chi connectivity index (χ0v) is 17.3. The van der Waals surface area contributed by atoms with Crippen LogP contribution in [0.3, 0.4) is 0 Å². The molecule has 0 N–H and O–H groups in total. The van der Waals surface area contributed by atoms with E-state index < -0.39 is 17.7 Å². The molecule has 5 heteroatoms. The summed E-state index contributed by atoms with van der Waals surface area (Å²) in [5.74, 6) is 1.88. The zero-order valence-electron chi connectivity index (χ0n) is 17.3. The summed E-state index contributed by atoms with van der Waals surface area (Å²) in [5.41, 5.74) is -0.563. The first-order chi connectivity index (χ1) is 12.2. The Balaban J connectivity index is 1.90. The second-order valence-electron chi connectivity index (χ2n) is 9.31. The van der Waals surface area contributed by atoms with Crippen LogP contribution in [0.15, 0.2) is 0 Å². The highest BCUT2D eigenvalue weighted by atomic mass is 16.6. The molecule has 2 aliphatic rings. The van der Waals surface area contributed by atoms with Crippen molar-refractivity contribution in [2.24, 2.45) is 17.8 Å². The van der Waals surface area contributed by atoms with Crippen molar-refractivity contribution in [2.45, 2.75) is 90.7 Å². The van der Waals surface area contributed by atoms with Crippen molar-refractivity contribution >= 4 is 12.1 Å². The maximum absolute atomic E-state index is 12.5. The van der Waals surface area contributed by atoms with E-state index >= 15 is 0 Å². The van der Waals surface area contributed by atoms with E-state index in [1.54, 1.807) is 4.90 Å². The van der Waals surface area contributed by atoms with Crippen LogP contribution in [0.5, 0.6) is 0 Å². The van der Waals surface area contributed by atoms with E-state index in [0.29, 0.717) is 18.9 Å². The van der Waals surface area contributed by atoms with Crippen LogP contribution >= 0.6 is 0 Å². The summed E-state index contributed by atoms with van der Waals surface area (Å²) < 4.78 is 10.4. The largest absolute Gasteiger partial charge is 0.467 e. The summed E-state index contributed by atoms with van der Waals surface area (Å²) in [4.78, 5) is 26.3. The number of hydrogen-bond acceptors (Lipinski definition) is 4. The van der Waals surface area contributed by atoms with Crippen LogP contribution in [0.1, 0.15) is 79.1 Å². The van der Waals surface area contributed by atoms with Crippen LogP contribution in [0, 0.1) is 17.8 Å².